The fourth-order valence-electron chi connectivity index (χ4n) is 9.24. The van der Waals surface area contributed by atoms with E-state index < -0.39 is 0 Å². The Morgan fingerprint density at radius 1 is 1.08 bits per heavy atom. The predicted molar refractivity (Wildman–Crippen MR) is 95.7 cm³/mol. The number of hydrogen-bond acceptors (Lipinski definition) is 3. The first kappa shape index (κ1) is 16.6. The van der Waals surface area contributed by atoms with Crippen LogP contribution in [-0.4, -0.2) is 23.8 Å². The number of aliphatic hydroxyl groups is 1. The summed E-state index contributed by atoms with van der Waals surface area (Å²) in [6.45, 7) is 8.91. The Bertz CT molecular complexity index is 631. The number of fused-ring (bicyclic) bond motifs is 1. The summed E-state index contributed by atoms with van der Waals surface area (Å²) in [7, 11) is 0. The lowest BCUT2D eigenvalue weighted by molar-refractivity contribution is -0.216. The Morgan fingerprint density at radius 3 is 2.44 bits per heavy atom. The Balaban J connectivity index is 1.50. The first-order chi connectivity index (χ1) is 11.7. The molecule has 0 radical (unpaired) electrons. The number of rotatable bonds is 2. The number of ether oxygens (including phenoxy) is 1. The summed E-state index contributed by atoms with van der Waals surface area (Å²) in [6.07, 6.45) is 8.86. The average Bonchev–Trinajstić information content (AvgIpc) is 3.00. The zero-order chi connectivity index (χ0) is 17.8. The summed E-state index contributed by atoms with van der Waals surface area (Å²) in [5.41, 5.74) is 1.29. The third-order valence-corrected chi connectivity index (χ3v) is 10.3. The lowest BCUT2D eigenvalue weighted by Crippen LogP contribution is -2.62. The Labute approximate surface area is 151 Å². The first-order valence-corrected chi connectivity index (χ1v) is 10.5. The summed E-state index contributed by atoms with van der Waals surface area (Å²) < 4.78 is 5.71. The quantitative estimate of drug-likeness (QED) is 0.763. The SMILES string of the molecule is CC(=O)OC1CCC2(C)C3CC4C5CC3(CCC2C1(C)CO)CC45C. The van der Waals surface area contributed by atoms with Crippen molar-refractivity contribution in [1.82, 2.24) is 0 Å². The summed E-state index contributed by atoms with van der Waals surface area (Å²) in [5, 5.41) is 10.4. The van der Waals surface area contributed by atoms with Crippen LogP contribution in [0.3, 0.4) is 0 Å². The van der Waals surface area contributed by atoms with Crippen LogP contribution in [0, 0.1) is 45.3 Å². The number of esters is 1. The van der Waals surface area contributed by atoms with Crippen molar-refractivity contribution in [3.63, 3.8) is 0 Å². The Kier molecular flexibility index (Phi) is 3.08. The highest BCUT2D eigenvalue weighted by Crippen LogP contribution is 2.85. The van der Waals surface area contributed by atoms with Gasteiger partial charge in [0.1, 0.15) is 6.10 Å². The minimum Gasteiger partial charge on any atom is -0.462 e. The van der Waals surface area contributed by atoms with Crippen molar-refractivity contribution in [2.45, 2.75) is 78.7 Å². The molecule has 9 unspecified atom stereocenters. The van der Waals surface area contributed by atoms with Gasteiger partial charge in [-0.1, -0.05) is 20.8 Å². The molecule has 3 heteroatoms. The fraction of sp³-hybridized carbons (Fsp3) is 0.955. The second-order valence-corrected chi connectivity index (χ2v) is 11.1. The van der Waals surface area contributed by atoms with E-state index in [1.165, 1.54) is 39.0 Å². The van der Waals surface area contributed by atoms with Crippen molar-refractivity contribution in [1.29, 1.82) is 0 Å². The molecule has 6 rings (SSSR count). The molecular weight excluding hydrogens is 312 g/mol. The molecule has 140 valence electrons. The van der Waals surface area contributed by atoms with E-state index in [0.29, 0.717) is 22.2 Å². The second kappa shape index (κ2) is 4.64. The molecule has 0 aromatic heterocycles. The third kappa shape index (κ3) is 1.79. The maximum absolute atomic E-state index is 11.6. The number of aliphatic hydroxyl groups excluding tert-OH is 1. The van der Waals surface area contributed by atoms with Gasteiger partial charge in [0.25, 0.3) is 0 Å². The molecule has 0 saturated heterocycles. The number of carbonyl (C=O) groups excluding carboxylic acids is 1. The van der Waals surface area contributed by atoms with Crippen molar-refractivity contribution in [2.75, 3.05) is 6.61 Å². The van der Waals surface area contributed by atoms with Crippen LogP contribution in [0.15, 0.2) is 0 Å². The van der Waals surface area contributed by atoms with Crippen LogP contribution in [0.4, 0.5) is 0 Å². The summed E-state index contributed by atoms with van der Waals surface area (Å²) in [5.74, 6) is 3.08. The molecule has 3 nitrogen and oxygen atoms in total. The zero-order valence-corrected chi connectivity index (χ0v) is 16.3. The van der Waals surface area contributed by atoms with Crippen LogP contribution in [0.5, 0.6) is 0 Å². The van der Waals surface area contributed by atoms with E-state index in [1.807, 2.05) is 0 Å². The molecule has 1 spiro atoms. The predicted octanol–water partition coefficient (Wildman–Crippen LogP) is 4.18. The minimum absolute atomic E-state index is 0.119. The largest absolute Gasteiger partial charge is 0.462 e. The van der Waals surface area contributed by atoms with Gasteiger partial charge >= 0.3 is 5.97 Å². The van der Waals surface area contributed by atoms with Crippen LogP contribution in [0.2, 0.25) is 0 Å². The molecule has 6 saturated carbocycles. The maximum atomic E-state index is 11.6. The van der Waals surface area contributed by atoms with Crippen LogP contribution < -0.4 is 0 Å². The van der Waals surface area contributed by atoms with Crippen LogP contribution in [-0.2, 0) is 9.53 Å². The molecule has 6 aliphatic rings. The summed E-state index contributed by atoms with van der Waals surface area (Å²) >= 11 is 0. The smallest absolute Gasteiger partial charge is 0.302 e. The van der Waals surface area contributed by atoms with Crippen LogP contribution >= 0.6 is 0 Å². The average molecular weight is 347 g/mol. The van der Waals surface area contributed by atoms with Gasteiger partial charge in [0.2, 0.25) is 0 Å². The van der Waals surface area contributed by atoms with Gasteiger partial charge in [0.05, 0.1) is 6.61 Å². The van der Waals surface area contributed by atoms with E-state index in [2.05, 4.69) is 20.8 Å². The van der Waals surface area contributed by atoms with Gasteiger partial charge < -0.3 is 9.84 Å². The maximum Gasteiger partial charge on any atom is 0.302 e. The fourth-order valence-corrected chi connectivity index (χ4v) is 9.24. The van der Waals surface area contributed by atoms with Crippen molar-refractivity contribution in [2.24, 2.45) is 45.3 Å². The summed E-state index contributed by atoms with van der Waals surface area (Å²) in [6, 6.07) is 0. The van der Waals surface area contributed by atoms with Crippen molar-refractivity contribution < 1.29 is 14.6 Å². The Morgan fingerprint density at radius 2 is 1.84 bits per heavy atom. The van der Waals surface area contributed by atoms with Gasteiger partial charge in [-0.25, -0.2) is 0 Å². The van der Waals surface area contributed by atoms with Crippen LogP contribution in [0.1, 0.15) is 72.6 Å². The lowest BCUT2D eigenvalue weighted by atomic mass is 9.39. The molecule has 0 amide bonds. The second-order valence-electron chi connectivity index (χ2n) is 11.1. The molecule has 0 heterocycles. The number of carbonyl (C=O) groups is 1. The molecule has 4 bridgehead atoms. The molecular formula is C22H34O3. The van der Waals surface area contributed by atoms with E-state index >= 15 is 0 Å². The Hall–Kier alpha value is -0.570. The topological polar surface area (TPSA) is 46.5 Å². The van der Waals surface area contributed by atoms with E-state index in [0.717, 1.165) is 30.6 Å². The van der Waals surface area contributed by atoms with E-state index in [-0.39, 0.29) is 24.1 Å². The van der Waals surface area contributed by atoms with Crippen LogP contribution in [0.25, 0.3) is 0 Å². The van der Waals surface area contributed by atoms with Gasteiger partial charge in [-0.2, -0.15) is 0 Å². The summed E-state index contributed by atoms with van der Waals surface area (Å²) in [4.78, 5) is 11.6. The highest BCUT2D eigenvalue weighted by atomic mass is 16.5. The molecule has 6 aliphatic carbocycles. The molecule has 6 fully saturated rings. The molecule has 9 atom stereocenters. The molecule has 25 heavy (non-hydrogen) atoms. The van der Waals surface area contributed by atoms with Gasteiger partial charge in [0, 0.05) is 12.3 Å². The highest BCUT2D eigenvalue weighted by molar-refractivity contribution is 5.66. The number of hydrogen-bond donors (Lipinski definition) is 1. The zero-order valence-electron chi connectivity index (χ0n) is 16.3. The highest BCUT2D eigenvalue weighted by Gasteiger charge is 2.78. The van der Waals surface area contributed by atoms with E-state index in [1.54, 1.807) is 0 Å². The van der Waals surface area contributed by atoms with Gasteiger partial charge in [-0.05, 0) is 84.9 Å². The van der Waals surface area contributed by atoms with Gasteiger partial charge in [-0.3, -0.25) is 4.79 Å². The first-order valence-electron chi connectivity index (χ1n) is 10.5. The van der Waals surface area contributed by atoms with Crippen molar-refractivity contribution in [3.05, 3.63) is 0 Å². The van der Waals surface area contributed by atoms with Crippen molar-refractivity contribution >= 4 is 5.97 Å². The molecule has 0 aromatic carbocycles. The molecule has 0 aliphatic heterocycles. The minimum atomic E-state index is -0.284. The third-order valence-electron chi connectivity index (χ3n) is 10.3. The van der Waals surface area contributed by atoms with E-state index in [9.17, 15) is 9.90 Å². The van der Waals surface area contributed by atoms with Gasteiger partial charge in [0.15, 0.2) is 0 Å². The van der Waals surface area contributed by atoms with Crippen molar-refractivity contribution in [3.8, 4) is 0 Å². The lowest BCUT2D eigenvalue weighted by Gasteiger charge is -2.66. The standard InChI is InChI=1S/C22H34O3/c1-13(24)25-18-6-7-19(2)16(21(18,4)12-23)5-8-22-10-15-14(9-17(19)22)20(15,3)11-22/h14-18,23H,5-12H2,1-4H3. The normalized spacial score (nSPS) is 61.2. The van der Waals surface area contributed by atoms with E-state index in [4.69, 9.17) is 4.74 Å². The molecule has 1 N–H and O–H groups in total. The molecule has 0 aromatic rings. The van der Waals surface area contributed by atoms with Gasteiger partial charge in [-0.15, -0.1) is 0 Å². The monoisotopic (exact) mass is 346 g/mol.